The first-order valence-corrected chi connectivity index (χ1v) is 9.27. The van der Waals surface area contributed by atoms with E-state index < -0.39 is 42.0 Å². The molecule has 162 valence electrons. The molecule has 0 bridgehead atoms. The monoisotopic (exact) mass is 416 g/mol. The lowest BCUT2D eigenvalue weighted by molar-refractivity contribution is -0.244. The van der Waals surface area contributed by atoms with Crippen LogP contribution in [-0.2, 0) is 19.2 Å². The van der Waals surface area contributed by atoms with Crippen molar-refractivity contribution in [3.63, 3.8) is 0 Å². The highest BCUT2D eigenvalue weighted by Crippen LogP contribution is 2.26. The number of nitrogens with one attached hydrogen (secondary N) is 1. The Hall–Kier alpha value is -2.42. The fraction of sp³-hybridized carbons (Fsp3) is 0.550. The number of rotatable bonds is 10. The molecule has 0 spiro atoms. The summed E-state index contributed by atoms with van der Waals surface area (Å²) in [6.45, 7) is 6.39. The fourth-order valence-electron chi connectivity index (χ4n) is 2.67. The van der Waals surface area contributed by atoms with Crippen LogP contribution in [0.15, 0.2) is 30.3 Å². The Labute approximate surface area is 168 Å². The fourth-order valence-corrected chi connectivity index (χ4v) is 2.67. The Kier molecular flexibility index (Phi) is 8.81. The van der Waals surface area contributed by atoms with Crippen LogP contribution in [0.1, 0.15) is 58.6 Å². The highest BCUT2D eigenvalue weighted by Gasteiger charge is 2.42. The van der Waals surface area contributed by atoms with Gasteiger partial charge in [-0.3, -0.25) is 19.2 Å². The summed E-state index contributed by atoms with van der Waals surface area (Å²) >= 11 is 0. The Morgan fingerprint density at radius 3 is 2.21 bits per heavy atom. The summed E-state index contributed by atoms with van der Waals surface area (Å²) in [6, 6.07) is 6.12. The van der Waals surface area contributed by atoms with Crippen LogP contribution in [0.3, 0.4) is 0 Å². The number of hydrogen-bond acceptors (Lipinski definition) is 4. The van der Waals surface area contributed by atoms with Gasteiger partial charge in [-0.15, -0.1) is 0 Å². The molecule has 0 unspecified atom stereocenters. The second kappa shape index (κ2) is 10.4. The predicted molar refractivity (Wildman–Crippen MR) is 100 cm³/mol. The minimum atomic E-state index is -4.79. The molecule has 0 radical (unpaired) electrons. The summed E-state index contributed by atoms with van der Waals surface area (Å²) in [6.07, 6.45) is -5.34. The van der Waals surface area contributed by atoms with Crippen LogP contribution in [0.25, 0.3) is 0 Å². The Morgan fingerprint density at radius 1 is 1.17 bits per heavy atom. The number of amides is 2. The summed E-state index contributed by atoms with van der Waals surface area (Å²) in [5.41, 5.74) is -0.322. The number of benzene rings is 1. The van der Waals surface area contributed by atoms with Gasteiger partial charge in [-0.25, -0.2) is 5.06 Å². The van der Waals surface area contributed by atoms with Crippen LogP contribution in [0, 0.1) is 0 Å². The van der Waals surface area contributed by atoms with Gasteiger partial charge < -0.3 is 5.32 Å². The molecule has 6 nitrogen and oxygen atoms in total. The molecule has 2 atom stereocenters. The first kappa shape index (κ1) is 24.6. The zero-order valence-corrected chi connectivity index (χ0v) is 17.0. The quantitative estimate of drug-likeness (QED) is 0.358. The van der Waals surface area contributed by atoms with Crippen LogP contribution >= 0.6 is 0 Å². The number of Topliss-reactive ketones (excluding diaryl/α,β-unsaturated/α-hetero) is 1. The van der Waals surface area contributed by atoms with Crippen LogP contribution in [-0.4, -0.2) is 41.0 Å². The van der Waals surface area contributed by atoms with E-state index in [0.717, 1.165) is 5.56 Å². The van der Waals surface area contributed by atoms with E-state index in [0.29, 0.717) is 12.8 Å². The highest BCUT2D eigenvalue weighted by molar-refractivity contribution is 6.38. The smallest absolute Gasteiger partial charge is 0.343 e. The SMILES string of the molecule is CCC[C@@H](NC(=O)C(=O)[C@H](CC(F)(F)F)N(C=O)OC(C)(C)C)c1ccccc1. The van der Waals surface area contributed by atoms with E-state index in [9.17, 15) is 27.6 Å². The second-order valence-corrected chi connectivity index (χ2v) is 7.59. The Morgan fingerprint density at radius 2 is 1.76 bits per heavy atom. The highest BCUT2D eigenvalue weighted by atomic mass is 19.4. The summed E-state index contributed by atoms with van der Waals surface area (Å²) < 4.78 is 39.1. The number of halogens is 3. The molecular formula is C20H27F3N2O4. The zero-order valence-electron chi connectivity index (χ0n) is 17.0. The molecule has 1 aromatic carbocycles. The third kappa shape index (κ3) is 8.64. The number of ketones is 1. The molecule has 1 N–H and O–H groups in total. The first-order valence-electron chi connectivity index (χ1n) is 9.27. The predicted octanol–water partition coefficient (Wildman–Crippen LogP) is 3.72. The average Bonchev–Trinajstić information content (AvgIpc) is 2.62. The lowest BCUT2D eigenvalue weighted by atomic mass is 10.0. The molecule has 1 rings (SSSR count). The lowest BCUT2D eigenvalue weighted by Gasteiger charge is -2.32. The lowest BCUT2D eigenvalue weighted by Crippen LogP contribution is -2.51. The van der Waals surface area contributed by atoms with Gasteiger partial charge in [-0.1, -0.05) is 43.7 Å². The standard InChI is InChI=1S/C20H27F3N2O4/c1-5-9-15(14-10-7-6-8-11-14)24-18(28)17(27)16(12-20(21,22)23)25(13-26)29-19(2,3)4/h6-8,10-11,13,15-16H,5,9,12H2,1-4H3,(H,24,28)/t15-,16+/m1/s1. The van der Waals surface area contributed by atoms with Gasteiger partial charge in [0.05, 0.1) is 18.1 Å². The molecule has 0 saturated carbocycles. The van der Waals surface area contributed by atoms with Crippen molar-refractivity contribution in [3.05, 3.63) is 35.9 Å². The first-order chi connectivity index (χ1) is 13.4. The van der Waals surface area contributed by atoms with Gasteiger partial charge >= 0.3 is 6.18 Å². The van der Waals surface area contributed by atoms with E-state index in [4.69, 9.17) is 4.84 Å². The van der Waals surface area contributed by atoms with Crippen molar-refractivity contribution in [2.24, 2.45) is 0 Å². The second-order valence-electron chi connectivity index (χ2n) is 7.59. The van der Waals surface area contributed by atoms with Crippen molar-refractivity contribution in [1.82, 2.24) is 10.4 Å². The van der Waals surface area contributed by atoms with E-state index in [2.05, 4.69) is 5.32 Å². The normalized spacial score (nSPS) is 14.0. The summed E-state index contributed by atoms with van der Waals surface area (Å²) in [5, 5.41) is 2.76. The molecule has 9 heteroatoms. The molecule has 0 aliphatic carbocycles. The summed E-state index contributed by atoms with van der Waals surface area (Å²) in [7, 11) is 0. The molecule has 29 heavy (non-hydrogen) atoms. The molecule has 0 aliphatic heterocycles. The van der Waals surface area contributed by atoms with Crippen molar-refractivity contribution in [2.75, 3.05) is 0 Å². The van der Waals surface area contributed by atoms with Crippen LogP contribution in [0.4, 0.5) is 13.2 Å². The zero-order chi connectivity index (χ0) is 22.2. The summed E-state index contributed by atoms with van der Waals surface area (Å²) in [4.78, 5) is 41.6. The number of hydrogen-bond donors (Lipinski definition) is 1. The molecular weight excluding hydrogens is 389 g/mol. The van der Waals surface area contributed by atoms with E-state index in [1.807, 2.05) is 6.92 Å². The van der Waals surface area contributed by atoms with Gasteiger partial charge in [0.2, 0.25) is 12.2 Å². The molecule has 0 fully saturated rings. The maximum atomic E-state index is 13.0. The number of nitrogens with zero attached hydrogens (tertiary/aromatic N) is 1. The molecule has 0 aromatic heterocycles. The topological polar surface area (TPSA) is 75.7 Å². The number of alkyl halides is 3. The van der Waals surface area contributed by atoms with Gasteiger partial charge in [0.1, 0.15) is 6.04 Å². The molecule has 2 amide bonds. The minimum absolute atomic E-state index is 0.0203. The average molecular weight is 416 g/mol. The third-order valence-electron chi connectivity index (χ3n) is 3.83. The van der Waals surface area contributed by atoms with Gasteiger partial charge in [-0.2, -0.15) is 13.2 Å². The largest absolute Gasteiger partial charge is 0.391 e. The molecule has 0 saturated heterocycles. The maximum absolute atomic E-state index is 13.0. The van der Waals surface area contributed by atoms with E-state index in [1.54, 1.807) is 30.3 Å². The van der Waals surface area contributed by atoms with Gasteiger partial charge in [0, 0.05) is 0 Å². The van der Waals surface area contributed by atoms with Crippen LogP contribution in [0.2, 0.25) is 0 Å². The van der Waals surface area contributed by atoms with Gasteiger partial charge in [-0.05, 0) is 32.8 Å². The molecule has 0 heterocycles. The summed E-state index contributed by atoms with van der Waals surface area (Å²) in [5.74, 6) is -2.60. The van der Waals surface area contributed by atoms with Crippen molar-refractivity contribution < 1.29 is 32.4 Å². The number of carbonyl (C=O) groups excluding carboxylic acids is 3. The third-order valence-corrected chi connectivity index (χ3v) is 3.83. The van der Waals surface area contributed by atoms with Gasteiger partial charge in [0.15, 0.2) is 0 Å². The van der Waals surface area contributed by atoms with Crippen LogP contribution < -0.4 is 5.32 Å². The van der Waals surface area contributed by atoms with Crippen molar-refractivity contribution in [2.45, 2.75) is 70.8 Å². The van der Waals surface area contributed by atoms with Crippen molar-refractivity contribution in [3.8, 4) is 0 Å². The van der Waals surface area contributed by atoms with Crippen molar-refractivity contribution >= 4 is 18.1 Å². The minimum Gasteiger partial charge on any atom is -0.343 e. The number of carbonyl (C=O) groups is 3. The van der Waals surface area contributed by atoms with E-state index in [-0.39, 0.29) is 11.5 Å². The van der Waals surface area contributed by atoms with E-state index >= 15 is 0 Å². The Balaban J connectivity index is 3.09. The van der Waals surface area contributed by atoms with Gasteiger partial charge in [0.25, 0.3) is 5.91 Å². The Bertz CT molecular complexity index is 687. The van der Waals surface area contributed by atoms with E-state index in [1.165, 1.54) is 20.8 Å². The molecule has 0 aliphatic rings. The number of hydroxylamine groups is 2. The molecule has 1 aromatic rings. The maximum Gasteiger partial charge on any atom is 0.391 e. The van der Waals surface area contributed by atoms with Crippen molar-refractivity contribution in [1.29, 1.82) is 0 Å². The van der Waals surface area contributed by atoms with Crippen LogP contribution in [0.5, 0.6) is 0 Å².